The van der Waals surface area contributed by atoms with Crippen LogP contribution in [0.4, 0.5) is 0 Å². The fourth-order valence-electron chi connectivity index (χ4n) is 1.78. The summed E-state index contributed by atoms with van der Waals surface area (Å²) in [5, 5.41) is 0. The summed E-state index contributed by atoms with van der Waals surface area (Å²) in [5.74, 6) is 1.06. The highest BCUT2D eigenvalue weighted by Gasteiger charge is 2.29. The van der Waals surface area contributed by atoms with E-state index in [4.69, 9.17) is 9.47 Å². The number of benzene rings is 1. The maximum Gasteiger partial charge on any atom is 0.122 e. The van der Waals surface area contributed by atoms with Crippen molar-refractivity contribution in [3.05, 3.63) is 29.3 Å². The molecule has 2 aliphatic rings. The lowest BCUT2D eigenvalue weighted by atomic mass is 10.0. The number of epoxide rings is 1. The van der Waals surface area contributed by atoms with E-state index in [1.807, 2.05) is 12.1 Å². The van der Waals surface area contributed by atoms with Crippen molar-refractivity contribution in [1.29, 1.82) is 0 Å². The van der Waals surface area contributed by atoms with E-state index in [-0.39, 0.29) is 0 Å². The van der Waals surface area contributed by atoms with Gasteiger partial charge in [0.2, 0.25) is 0 Å². The van der Waals surface area contributed by atoms with Gasteiger partial charge in [0.1, 0.15) is 11.9 Å². The Morgan fingerprint density at radius 2 is 2.25 bits per heavy atom. The summed E-state index contributed by atoms with van der Waals surface area (Å²) >= 11 is 0. The molecule has 62 valence electrons. The first-order chi connectivity index (χ1) is 5.95. The SMILES string of the molecule is c1cc2c(c([C@H]3CO3)c1)CCO2. The van der Waals surface area contributed by atoms with Gasteiger partial charge in [-0.05, 0) is 11.6 Å². The molecular weight excluding hydrogens is 152 g/mol. The van der Waals surface area contributed by atoms with E-state index < -0.39 is 0 Å². The van der Waals surface area contributed by atoms with Gasteiger partial charge in [0.15, 0.2) is 0 Å². The van der Waals surface area contributed by atoms with E-state index in [9.17, 15) is 0 Å². The number of hydrogen-bond acceptors (Lipinski definition) is 2. The van der Waals surface area contributed by atoms with Crippen LogP contribution in [0.2, 0.25) is 0 Å². The first kappa shape index (κ1) is 6.49. The number of rotatable bonds is 1. The van der Waals surface area contributed by atoms with E-state index in [0.29, 0.717) is 6.10 Å². The Labute approximate surface area is 71.1 Å². The zero-order chi connectivity index (χ0) is 7.97. The first-order valence-electron chi connectivity index (χ1n) is 4.31. The molecule has 0 radical (unpaired) electrons. The largest absolute Gasteiger partial charge is 0.493 e. The molecule has 1 atom stereocenters. The highest BCUT2D eigenvalue weighted by atomic mass is 16.6. The van der Waals surface area contributed by atoms with Crippen LogP contribution in [0, 0.1) is 0 Å². The summed E-state index contributed by atoms with van der Waals surface area (Å²) in [6.45, 7) is 1.72. The molecule has 1 fully saturated rings. The number of fused-ring (bicyclic) bond motifs is 1. The molecule has 0 spiro atoms. The molecule has 2 aliphatic heterocycles. The molecule has 12 heavy (non-hydrogen) atoms. The van der Waals surface area contributed by atoms with Gasteiger partial charge in [-0.1, -0.05) is 12.1 Å². The molecule has 0 unspecified atom stereocenters. The first-order valence-corrected chi connectivity index (χ1v) is 4.31. The summed E-state index contributed by atoms with van der Waals surface area (Å²) in [6.07, 6.45) is 1.41. The van der Waals surface area contributed by atoms with Crippen molar-refractivity contribution in [2.75, 3.05) is 13.2 Å². The van der Waals surface area contributed by atoms with Gasteiger partial charge in [0.25, 0.3) is 0 Å². The normalized spacial score (nSPS) is 24.8. The highest BCUT2D eigenvalue weighted by Crippen LogP contribution is 2.38. The van der Waals surface area contributed by atoms with Gasteiger partial charge in [0, 0.05) is 12.0 Å². The fourth-order valence-corrected chi connectivity index (χ4v) is 1.78. The molecule has 3 rings (SSSR count). The molecule has 1 aromatic carbocycles. The lowest BCUT2D eigenvalue weighted by molar-refractivity contribution is 0.357. The molecule has 2 heterocycles. The lowest BCUT2D eigenvalue weighted by Gasteiger charge is -2.02. The molecule has 0 bridgehead atoms. The molecule has 0 amide bonds. The second-order valence-electron chi connectivity index (χ2n) is 3.24. The average Bonchev–Trinajstić information content (AvgIpc) is 2.82. The van der Waals surface area contributed by atoms with Crippen LogP contribution in [-0.2, 0) is 11.2 Å². The van der Waals surface area contributed by atoms with Gasteiger partial charge >= 0.3 is 0 Å². The third kappa shape index (κ3) is 0.847. The van der Waals surface area contributed by atoms with Crippen LogP contribution < -0.4 is 4.74 Å². The van der Waals surface area contributed by atoms with Gasteiger partial charge in [-0.25, -0.2) is 0 Å². The van der Waals surface area contributed by atoms with Gasteiger partial charge in [-0.2, -0.15) is 0 Å². The Bertz CT molecular complexity index is 316. The number of ether oxygens (including phenoxy) is 2. The summed E-state index contributed by atoms with van der Waals surface area (Å²) < 4.78 is 10.7. The second-order valence-corrected chi connectivity index (χ2v) is 3.24. The summed E-state index contributed by atoms with van der Waals surface area (Å²) in [5.41, 5.74) is 2.70. The van der Waals surface area contributed by atoms with Crippen molar-refractivity contribution < 1.29 is 9.47 Å². The van der Waals surface area contributed by atoms with Crippen LogP contribution >= 0.6 is 0 Å². The van der Waals surface area contributed by atoms with E-state index in [0.717, 1.165) is 25.4 Å². The molecule has 0 aromatic heterocycles. The molecule has 2 heteroatoms. The number of hydrogen-bond donors (Lipinski definition) is 0. The molecule has 0 N–H and O–H groups in total. The van der Waals surface area contributed by atoms with Crippen molar-refractivity contribution >= 4 is 0 Å². The van der Waals surface area contributed by atoms with E-state index in [1.54, 1.807) is 0 Å². The Morgan fingerprint density at radius 1 is 1.33 bits per heavy atom. The fraction of sp³-hybridized carbons (Fsp3) is 0.400. The zero-order valence-corrected chi connectivity index (χ0v) is 6.75. The van der Waals surface area contributed by atoms with Crippen LogP contribution in [0.15, 0.2) is 18.2 Å². The highest BCUT2D eigenvalue weighted by molar-refractivity contribution is 5.44. The van der Waals surface area contributed by atoms with Crippen LogP contribution in [-0.4, -0.2) is 13.2 Å². The Morgan fingerprint density at radius 3 is 3.08 bits per heavy atom. The Hall–Kier alpha value is -1.02. The third-order valence-corrected chi connectivity index (χ3v) is 2.46. The van der Waals surface area contributed by atoms with Crippen LogP contribution in [0.1, 0.15) is 17.2 Å². The monoisotopic (exact) mass is 162 g/mol. The molecular formula is C10H10O2. The smallest absolute Gasteiger partial charge is 0.122 e. The van der Waals surface area contributed by atoms with Gasteiger partial charge in [0.05, 0.1) is 13.2 Å². The molecule has 2 nitrogen and oxygen atoms in total. The predicted octanol–water partition coefficient (Wildman–Crippen LogP) is 1.69. The lowest BCUT2D eigenvalue weighted by Crippen LogP contribution is -1.88. The molecule has 0 saturated carbocycles. The standard InChI is InChI=1S/C10H10O2/c1-2-7(10-6-12-10)8-4-5-11-9(8)3-1/h1-3,10H,4-6H2/t10-/m1/s1. The quantitative estimate of drug-likeness (QED) is 0.586. The minimum absolute atomic E-state index is 0.363. The maximum absolute atomic E-state index is 5.46. The topological polar surface area (TPSA) is 21.8 Å². The van der Waals surface area contributed by atoms with Gasteiger partial charge < -0.3 is 9.47 Å². The minimum atomic E-state index is 0.363. The van der Waals surface area contributed by atoms with Crippen LogP contribution in [0.25, 0.3) is 0 Å². The third-order valence-electron chi connectivity index (χ3n) is 2.46. The van der Waals surface area contributed by atoms with Crippen molar-refractivity contribution in [1.82, 2.24) is 0 Å². The van der Waals surface area contributed by atoms with Gasteiger partial charge in [-0.15, -0.1) is 0 Å². The van der Waals surface area contributed by atoms with Gasteiger partial charge in [-0.3, -0.25) is 0 Å². The molecule has 0 aliphatic carbocycles. The van der Waals surface area contributed by atoms with Crippen molar-refractivity contribution in [3.8, 4) is 5.75 Å². The maximum atomic E-state index is 5.46. The minimum Gasteiger partial charge on any atom is -0.493 e. The molecule has 1 saturated heterocycles. The Kier molecular flexibility index (Phi) is 1.21. The summed E-state index contributed by atoms with van der Waals surface area (Å²) in [6, 6.07) is 6.22. The average molecular weight is 162 g/mol. The van der Waals surface area contributed by atoms with E-state index >= 15 is 0 Å². The van der Waals surface area contributed by atoms with Crippen molar-refractivity contribution in [3.63, 3.8) is 0 Å². The van der Waals surface area contributed by atoms with E-state index in [2.05, 4.69) is 6.07 Å². The van der Waals surface area contributed by atoms with E-state index in [1.165, 1.54) is 11.1 Å². The second kappa shape index (κ2) is 2.23. The Balaban J connectivity index is 2.12. The molecule has 1 aromatic rings. The summed E-state index contributed by atoms with van der Waals surface area (Å²) in [7, 11) is 0. The predicted molar refractivity (Wildman–Crippen MR) is 44.3 cm³/mol. The summed E-state index contributed by atoms with van der Waals surface area (Å²) in [4.78, 5) is 0. The van der Waals surface area contributed by atoms with Crippen molar-refractivity contribution in [2.45, 2.75) is 12.5 Å². The van der Waals surface area contributed by atoms with Crippen LogP contribution in [0.3, 0.4) is 0 Å². The zero-order valence-electron chi connectivity index (χ0n) is 6.75. The van der Waals surface area contributed by atoms with Crippen LogP contribution in [0.5, 0.6) is 5.75 Å². The van der Waals surface area contributed by atoms with Crippen molar-refractivity contribution in [2.24, 2.45) is 0 Å².